The van der Waals surface area contributed by atoms with E-state index in [0.29, 0.717) is 12.1 Å². The third-order valence-electron chi connectivity index (χ3n) is 1.98. The van der Waals surface area contributed by atoms with Crippen molar-refractivity contribution in [3.8, 4) is 0 Å². The van der Waals surface area contributed by atoms with Gasteiger partial charge in [-0.15, -0.1) is 0 Å². The number of aryl methyl sites for hydroxylation is 1. The van der Waals surface area contributed by atoms with E-state index < -0.39 is 0 Å². The fraction of sp³-hybridized carbons (Fsp3) is 0.300. The van der Waals surface area contributed by atoms with E-state index >= 15 is 0 Å². The summed E-state index contributed by atoms with van der Waals surface area (Å²) in [5.41, 5.74) is 4.36. The first-order valence-corrected chi connectivity index (χ1v) is 4.24. The molecule has 0 saturated heterocycles. The summed E-state index contributed by atoms with van der Waals surface area (Å²) in [5.74, 6) is -0.342. The van der Waals surface area contributed by atoms with Gasteiger partial charge in [-0.3, -0.25) is 0 Å². The van der Waals surface area contributed by atoms with Gasteiger partial charge in [-0.1, -0.05) is 12.1 Å². The lowest BCUT2D eigenvalue weighted by Crippen LogP contribution is -2.08. The molecular formula is C10H13NO3. The predicted octanol–water partition coefficient (Wildman–Crippen LogP) is 1.26. The van der Waals surface area contributed by atoms with E-state index in [1.165, 1.54) is 7.11 Å². The molecule has 4 nitrogen and oxygen atoms in total. The average Bonchev–Trinajstić information content (AvgIpc) is 2.17. The lowest BCUT2D eigenvalue weighted by atomic mass is 10.1. The number of nitrogens with one attached hydrogen (secondary N) is 1. The predicted molar refractivity (Wildman–Crippen MR) is 51.1 cm³/mol. The number of carbonyl (C=O) groups is 1. The van der Waals surface area contributed by atoms with Crippen LogP contribution in [0.2, 0.25) is 0 Å². The van der Waals surface area contributed by atoms with E-state index in [0.717, 1.165) is 11.1 Å². The molecule has 4 heteroatoms. The maximum absolute atomic E-state index is 11.2. The third-order valence-corrected chi connectivity index (χ3v) is 1.98. The topological polar surface area (TPSA) is 58.6 Å². The Morgan fingerprint density at radius 1 is 1.57 bits per heavy atom. The summed E-state index contributed by atoms with van der Waals surface area (Å²) in [6.07, 6.45) is 0. The van der Waals surface area contributed by atoms with Gasteiger partial charge in [-0.2, -0.15) is 0 Å². The second-order valence-electron chi connectivity index (χ2n) is 2.98. The van der Waals surface area contributed by atoms with Crippen LogP contribution in [-0.2, 0) is 11.3 Å². The molecule has 0 bridgehead atoms. The fourth-order valence-electron chi connectivity index (χ4n) is 1.27. The molecular weight excluding hydrogens is 182 g/mol. The highest BCUT2D eigenvalue weighted by Crippen LogP contribution is 2.11. The molecule has 1 aromatic rings. The zero-order chi connectivity index (χ0) is 10.6. The molecule has 0 radical (unpaired) electrons. The van der Waals surface area contributed by atoms with Crippen LogP contribution in [0.15, 0.2) is 18.2 Å². The monoisotopic (exact) mass is 195 g/mol. The number of rotatable bonds is 3. The van der Waals surface area contributed by atoms with Gasteiger partial charge in [0.25, 0.3) is 0 Å². The van der Waals surface area contributed by atoms with Crippen molar-refractivity contribution in [1.29, 1.82) is 0 Å². The smallest absolute Gasteiger partial charge is 0.338 e. The van der Waals surface area contributed by atoms with Crippen molar-refractivity contribution in [3.63, 3.8) is 0 Å². The highest BCUT2D eigenvalue weighted by atomic mass is 16.5. The number of hydrogen-bond donors (Lipinski definition) is 2. The molecule has 0 saturated carbocycles. The van der Waals surface area contributed by atoms with E-state index in [1.54, 1.807) is 12.1 Å². The Morgan fingerprint density at radius 3 is 2.79 bits per heavy atom. The Labute approximate surface area is 82.5 Å². The number of benzene rings is 1. The van der Waals surface area contributed by atoms with Crippen LogP contribution in [0.25, 0.3) is 0 Å². The second-order valence-corrected chi connectivity index (χ2v) is 2.98. The Morgan fingerprint density at radius 2 is 2.29 bits per heavy atom. The van der Waals surface area contributed by atoms with Crippen LogP contribution in [0.4, 0.5) is 0 Å². The van der Waals surface area contributed by atoms with E-state index in [2.05, 4.69) is 10.2 Å². The van der Waals surface area contributed by atoms with Gasteiger partial charge in [-0.25, -0.2) is 10.3 Å². The molecule has 1 rings (SSSR count). The molecule has 0 aliphatic rings. The van der Waals surface area contributed by atoms with Crippen LogP contribution in [-0.4, -0.2) is 18.3 Å². The fourth-order valence-corrected chi connectivity index (χ4v) is 1.27. The van der Waals surface area contributed by atoms with Gasteiger partial charge in [0.05, 0.1) is 12.7 Å². The van der Waals surface area contributed by atoms with Gasteiger partial charge in [0, 0.05) is 6.54 Å². The second kappa shape index (κ2) is 4.74. The zero-order valence-electron chi connectivity index (χ0n) is 8.20. The third kappa shape index (κ3) is 2.31. The molecule has 14 heavy (non-hydrogen) atoms. The molecule has 1 aromatic carbocycles. The maximum Gasteiger partial charge on any atom is 0.338 e. The van der Waals surface area contributed by atoms with Crippen molar-refractivity contribution in [3.05, 3.63) is 34.9 Å². The molecule has 76 valence electrons. The van der Waals surface area contributed by atoms with Crippen LogP contribution < -0.4 is 5.48 Å². The minimum Gasteiger partial charge on any atom is -0.465 e. The van der Waals surface area contributed by atoms with Crippen LogP contribution in [0, 0.1) is 6.92 Å². The Hall–Kier alpha value is -1.39. The first-order valence-electron chi connectivity index (χ1n) is 4.24. The van der Waals surface area contributed by atoms with E-state index in [-0.39, 0.29) is 5.97 Å². The van der Waals surface area contributed by atoms with Gasteiger partial charge in [-0.05, 0) is 24.1 Å². The Balaban J connectivity index is 2.95. The van der Waals surface area contributed by atoms with Gasteiger partial charge in [0.2, 0.25) is 0 Å². The number of methoxy groups -OCH3 is 1. The maximum atomic E-state index is 11.2. The molecule has 0 aliphatic carbocycles. The number of esters is 1. The lowest BCUT2D eigenvalue weighted by molar-refractivity contribution is 0.0600. The van der Waals surface area contributed by atoms with Gasteiger partial charge >= 0.3 is 5.97 Å². The largest absolute Gasteiger partial charge is 0.465 e. The molecule has 0 fully saturated rings. The van der Waals surface area contributed by atoms with Crippen molar-refractivity contribution in [2.45, 2.75) is 13.5 Å². The number of ether oxygens (including phenoxy) is 1. The van der Waals surface area contributed by atoms with Crippen molar-refractivity contribution in [2.24, 2.45) is 0 Å². The summed E-state index contributed by atoms with van der Waals surface area (Å²) in [4.78, 5) is 11.2. The first kappa shape index (κ1) is 10.7. The number of hydrogen-bond acceptors (Lipinski definition) is 4. The van der Waals surface area contributed by atoms with Crippen LogP contribution in [0.5, 0.6) is 0 Å². The molecule has 0 spiro atoms. The van der Waals surface area contributed by atoms with Crippen LogP contribution >= 0.6 is 0 Å². The molecule has 0 aromatic heterocycles. The summed E-state index contributed by atoms with van der Waals surface area (Å²) in [5, 5.41) is 8.49. The SMILES string of the molecule is COC(=O)c1ccc(CNO)cc1C. The molecule has 0 aliphatic heterocycles. The zero-order valence-corrected chi connectivity index (χ0v) is 8.20. The summed E-state index contributed by atoms with van der Waals surface area (Å²) >= 11 is 0. The molecule has 0 atom stereocenters. The van der Waals surface area contributed by atoms with E-state index in [4.69, 9.17) is 5.21 Å². The highest BCUT2D eigenvalue weighted by molar-refractivity contribution is 5.90. The van der Waals surface area contributed by atoms with E-state index in [1.807, 2.05) is 13.0 Å². The average molecular weight is 195 g/mol. The van der Waals surface area contributed by atoms with Crippen molar-refractivity contribution >= 4 is 5.97 Å². The summed E-state index contributed by atoms with van der Waals surface area (Å²) in [6, 6.07) is 5.28. The lowest BCUT2D eigenvalue weighted by Gasteiger charge is -2.05. The minimum absolute atomic E-state index is 0.342. The molecule has 0 unspecified atom stereocenters. The van der Waals surface area contributed by atoms with Crippen LogP contribution in [0.1, 0.15) is 21.5 Å². The minimum atomic E-state index is -0.342. The number of carbonyl (C=O) groups excluding carboxylic acids is 1. The summed E-state index contributed by atoms with van der Waals surface area (Å²) in [7, 11) is 1.35. The standard InChI is InChI=1S/C10H13NO3/c1-7-5-8(6-11-13)3-4-9(7)10(12)14-2/h3-5,11,13H,6H2,1-2H3. The number of hydroxylamine groups is 1. The van der Waals surface area contributed by atoms with Gasteiger partial charge in [0.15, 0.2) is 0 Å². The first-order chi connectivity index (χ1) is 6.69. The van der Waals surface area contributed by atoms with Crippen molar-refractivity contribution < 1.29 is 14.7 Å². The van der Waals surface area contributed by atoms with Crippen molar-refractivity contribution in [2.75, 3.05) is 7.11 Å². The van der Waals surface area contributed by atoms with Gasteiger partial charge < -0.3 is 9.94 Å². The normalized spacial score (nSPS) is 9.93. The van der Waals surface area contributed by atoms with Crippen molar-refractivity contribution in [1.82, 2.24) is 5.48 Å². The summed E-state index contributed by atoms with van der Waals surface area (Å²) < 4.78 is 4.61. The van der Waals surface area contributed by atoms with E-state index in [9.17, 15) is 4.79 Å². The molecule has 2 N–H and O–H groups in total. The molecule has 0 amide bonds. The highest BCUT2D eigenvalue weighted by Gasteiger charge is 2.08. The Kier molecular flexibility index (Phi) is 3.62. The Bertz CT molecular complexity index is 336. The summed E-state index contributed by atoms with van der Waals surface area (Å²) in [6.45, 7) is 2.19. The quantitative estimate of drug-likeness (QED) is 0.563. The molecule has 0 heterocycles. The van der Waals surface area contributed by atoms with Crippen LogP contribution in [0.3, 0.4) is 0 Å². The van der Waals surface area contributed by atoms with Gasteiger partial charge in [0.1, 0.15) is 0 Å².